The molecule has 1 aromatic carbocycles. The van der Waals surface area contributed by atoms with Crippen molar-refractivity contribution in [2.24, 2.45) is 0 Å². The lowest BCUT2D eigenvalue weighted by molar-refractivity contribution is -0.134. The maximum atomic E-state index is 12.4. The highest BCUT2D eigenvalue weighted by Gasteiger charge is 2.26. The Bertz CT molecular complexity index is 385. The minimum Gasteiger partial charge on any atom is -0.338 e. The second-order valence-electron chi connectivity index (χ2n) is 5.04. The molecule has 98 valence electrons. The summed E-state index contributed by atoms with van der Waals surface area (Å²) in [5, 5.41) is 3.31. The molecular formula is C15H22N2O. The number of nitrogens with zero attached hydrogens (tertiary/aromatic N) is 1. The summed E-state index contributed by atoms with van der Waals surface area (Å²) in [5.74, 6) is 0.214. The number of hydrogen-bond donors (Lipinski definition) is 1. The van der Waals surface area contributed by atoms with Crippen molar-refractivity contribution in [1.82, 2.24) is 10.2 Å². The molecule has 0 bridgehead atoms. The Morgan fingerprint density at radius 2 is 2.06 bits per heavy atom. The van der Waals surface area contributed by atoms with Crippen LogP contribution in [0.3, 0.4) is 0 Å². The molecule has 1 fully saturated rings. The normalized spacial score (nSPS) is 21.3. The highest BCUT2D eigenvalue weighted by atomic mass is 16.2. The highest BCUT2D eigenvalue weighted by Crippen LogP contribution is 2.20. The van der Waals surface area contributed by atoms with E-state index in [-0.39, 0.29) is 18.0 Å². The van der Waals surface area contributed by atoms with Gasteiger partial charge in [0.15, 0.2) is 0 Å². The van der Waals surface area contributed by atoms with E-state index in [9.17, 15) is 4.79 Å². The Balaban J connectivity index is 2.01. The third kappa shape index (κ3) is 2.91. The van der Waals surface area contributed by atoms with Crippen LogP contribution in [0.1, 0.15) is 37.8 Å². The predicted molar refractivity (Wildman–Crippen MR) is 73.3 cm³/mol. The van der Waals surface area contributed by atoms with Gasteiger partial charge in [0.05, 0.1) is 12.1 Å². The first-order valence-electron chi connectivity index (χ1n) is 6.75. The molecule has 1 aromatic rings. The molecule has 18 heavy (non-hydrogen) atoms. The van der Waals surface area contributed by atoms with Crippen LogP contribution in [0.2, 0.25) is 0 Å². The fourth-order valence-electron chi connectivity index (χ4n) is 2.45. The molecule has 2 atom stereocenters. The van der Waals surface area contributed by atoms with Crippen molar-refractivity contribution < 1.29 is 4.79 Å². The molecule has 0 saturated carbocycles. The minimum atomic E-state index is 0.00918. The highest BCUT2D eigenvalue weighted by molar-refractivity contribution is 5.82. The second-order valence-corrected chi connectivity index (χ2v) is 5.04. The van der Waals surface area contributed by atoms with Crippen molar-refractivity contribution in [1.29, 1.82) is 0 Å². The summed E-state index contributed by atoms with van der Waals surface area (Å²) in [6, 6.07) is 10.3. The zero-order valence-corrected chi connectivity index (χ0v) is 11.2. The van der Waals surface area contributed by atoms with Gasteiger partial charge in [0, 0.05) is 7.05 Å². The molecule has 3 heteroatoms. The van der Waals surface area contributed by atoms with Gasteiger partial charge in [0.2, 0.25) is 5.91 Å². The van der Waals surface area contributed by atoms with E-state index in [0.29, 0.717) is 0 Å². The number of rotatable bonds is 3. The monoisotopic (exact) mass is 246 g/mol. The van der Waals surface area contributed by atoms with Crippen molar-refractivity contribution in [3.8, 4) is 0 Å². The molecule has 0 spiro atoms. The minimum absolute atomic E-state index is 0.00918. The van der Waals surface area contributed by atoms with Gasteiger partial charge in [0.25, 0.3) is 0 Å². The van der Waals surface area contributed by atoms with Crippen LogP contribution in [0.25, 0.3) is 0 Å². The number of piperidine rings is 1. The number of likely N-dealkylation sites (N-methyl/N-ethyl adjacent to an activating group) is 1. The van der Waals surface area contributed by atoms with Gasteiger partial charge < -0.3 is 10.2 Å². The molecule has 1 N–H and O–H groups in total. The maximum absolute atomic E-state index is 12.4. The van der Waals surface area contributed by atoms with Crippen LogP contribution in [0.5, 0.6) is 0 Å². The zero-order valence-electron chi connectivity index (χ0n) is 11.2. The van der Waals surface area contributed by atoms with Gasteiger partial charge in [-0.1, -0.05) is 36.8 Å². The molecular weight excluding hydrogens is 224 g/mol. The van der Waals surface area contributed by atoms with Crippen LogP contribution < -0.4 is 5.32 Å². The van der Waals surface area contributed by atoms with Crippen LogP contribution in [-0.4, -0.2) is 30.4 Å². The average molecular weight is 246 g/mol. The number of carbonyl (C=O) groups excluding carboxylic acids is 1. The lowest BCUT2D eigenvalue weighted by Crippen LogP contribution is -2.47. The summed E-state index contributed by atoms with van der Waals surface area (Å²) in [6.07, 6.45) is 3.30. The van der Waals surface area contributed by atoms with Crippen LogP contribution in [0.4, 0.5) is 0 Å². The fraction of sp³-hybridized carbons (Fsp3) is 0.533. The molecule has 0 aliphatic carbocycles. The van der Waals surface area contributed by atoms with E-state index in [4.69, 9.17) is 0 Å². The number of carbonyl (C=O) groups is 1. The number of benzene rings is 1. The van der Waals surface area contributed by atoms with Gasteiger partial charge in [-0.3, -0.25) is 4.79 Å². The van der Waals surface area contributed by atoms with E-state index in [1.165, 1.54) is 12.0 Å². The largest absolute Gasteiger partial charge is 0.338 e. The summed E-state index contributed by atoms with van der Waals surface area (Å²) in [7, 11) is 1.90. The first-order valence-corrected chi connectivity index (χ1v) is 6.75. The van der Waals surface area contributed by atoms with Gasteiger partial charge in [-0.25, -0.2) is 0 Å². The Morgan fingerprint density at radius 3 is 2.67 bits per heavy atom. The molecule has 1 heterocycles. The lowest BCUT2D eigenvalue weighted by atomic mass is 10.0. The van der Waals surface area contributed by atoms with Gasteiger partial charge in [-0.2, -0.15) is 0 Å². The van der Waals surface area contributed by atoms with E-state index in [2.05, 4.69) is 24.4 Å². The van der Waals surface area contributed by atoms with E-state index in [0.717, 1.165) is 19.4 Å². The second kappa shape index (κ2) is 6.01. The third-order valence-electron chi connectivity index (χ3n) is 3.82. The molecule has 2 rings (SSSR count). The predicted octanol–water partition coefficient (Wildman–Crippen LogP) is 2.35. The van der Waals surface area contributed by atoms with E-state index >= 15 is 0 Å². The van der Waals surface area contributed by atoms with Crippen LogP contribution >= 0.6 is 0 Å². The molecule has 3 nitrogen and oxygen atoms in total. The van der Waals surface area contributed by atoms with Gasteiger partial charge >= 0.3 is 0 Å². The third-order valence-corrected chi connectivity index (χ3v) is 3.82. The maximum Gasteiger partial charge on any atom is 0.239 e. The molecule has 1 aliphatic heterocycles. The summed E-state index contributed by atoms with van der Waals surface area (Å²) in [5.41, 5.74) is 1.18. The van der Waals surface area contributed by atoms with Crippen LogP contribution in [0.15, 0.2) is 30.3 Å². The first kappa shape index (κ1) is 13.1. The van der Waals surface area contributed by atoms with Gasteiger partial charge in [-0.15, -0.1) is 0 Å². The van der Waals surface area contributed by atoms with E-state index < -0.39 is 0 Å². The van der Waals surface area contributed by atoms with Crippen molar-refractivity contribution in [2.45, 2.75) is 38.3 Å². The SMILES string of the molecule is CC(c1ccccc1)N(C)C(=O)[C@H]1CCCCN1. The number of hydrogen-bond acceptors (Lipinski definition) is 2. The Labute approximate surface area is 109 Å². The average Bonchev–Trinajstić information content (AvgIpc) is 2.47. The van der Waals surface area contributed by atoms with Gasteiger partial charge in [-0.05, 0) is 31.9 Å². The molecule has 1 aliphatic rings. The van der Waals surface area contributed by atoms with Crippen molar-refractivity contribution in [3.05, 3.63) is 35.9 Å². The first-order chi connectivity index (χ1) is 8.70. The lowest BCUT2D eigenvalue weighted by Gasteiger charge is -2.31. The Hall–Kier alpha value is -1.35. The van der Waals surface area contributed by atoms with Crippen LogP contribution in [-0.2, 0) is 4.79 Å². The topological polar surface area (TPSA) is 32.3 Å². The Kier molecular flexibility index (Phi) is 4.37. The summed E-state index contributed by atoms with van der Waals surface area (Å²) < 4.78 is 0. The summed E-state index contributed by atoms with van der Waals surface area (Å²) in [4.78, 5) is 14.2. The quantitative estimate of drug-likeness (QED) is 0.888. The molecule has 0 aromatic heterocycles. The number of nitrogens with one attached hydrogen (secondary N) is 1. The zero-order chi connectivity index (χ0) is 13.0. The Morgan fingerprint density at radius 1 is 1.33 bits per heavy atom. The standard InChI is InChI=1S/C15H22N2O/c1-12(13-8-4-3-5-9-13)17(2)15(18)14-10-6-7-11-16-14/h3-5,8-9,12,14,16H,6-7,10-11H2,1-2H3/t12?,14-/m1/s1. The fourth-order valence-corrected chi connectivity index (χ4v) is 2.45. The van der Waals surface area contributed by atoms with Crippen molar-refractivity contribution in [2.75, 3.05) is 13.6 Å². The number of amides is 1. The van der Waals surface area contributed by atoms with Crippen molar-refractivity contribution in [3.63, 3.8) is 0 Å². The molecule has 1 amide bonds. The molecule has 1 saturated heterocycles. The molecule has 0 radical (unpaired) electrons. The smallest absolute Gasteiger partial charge is 0.239 e. The summed E-state index contributed by atoms with van der Waals surface area (Å²) >= 11 is 0. The molecule has 1 unspecified atom stereocenters. The van der Waals surface area contributed by atoms with Crippen LogP contribution in [0, 0.1) is 0 Å². The van der Waals surface area contributed by atoms with E-state index in [1.54, 1.807) is 0 Å². The van der Waals surface area contributed by atoms with E-state index in [1.807, 2.05) is 30.1 Å². The van der Waals surface area contributed by atoms with Crippen molar-refractivity contribution >= 4 is 5.91 Å². The summed E-state index contributed by atoms with van der Waals surface area (Å²) in [6.45, 7) is 3.04. The van der Waals surface area contributed by atoms with Gasteiger partial charge in [0.1, 0.15) is 0 Å².